The number of nitrogens with zero attached hydrogens (tertiary/aromatic N) is 2. The third-order valence-electron chi connectivity index (χ3n) is 3.53. The number of nitrogen functional groups attached to an aromatic ring is 1. The van der Waals surface area contributed by atoms with E-state index in [1.165, 1.54) is 0 Å². The molecule has 0 atom stereocenters. The molecule has 0 bridgehead atoms. The monoisotopic (exact) mass is 369 g/mol. The summed E-state index contributed by atoms with van der Waals surface area (Å²) in [5.41, 5.74) is 9.09. The van der Waals surface area contributed by atoms with Crippen LogP contribution in [0.25, 0.3) is 23.1 Å². The van der Waals surface area contributed by atoms with E-state index in [-0.39, 0.29) is 0 Å². The zero-order valence-corrected chi connectivity index (χ0v) is 13.6. The molecule has 1 aliphatic heterocycles. The van der Waals surface area contributed by atoms with Gasteiger partial charge in [-0.1, -0.05) is 27.2 Å². The molecule has 0 saturated heterocycles. The molecule has 2 N–H and O–H groups in total. The summed E-state index contributed by atoms with van der Waals surface area (Å²) in [5.74, 6) is 1.80. The molecule has 3 aromatic rings. The second-order valence-corrected chi connectivity index (χ2v) is 6.10. The average molecular weight is 370 g/mol. The van der Waals surface area contributed by atoms with Gasteiger partial charge in [0, 0.05) is 26.9 Å². The number of fused-ring (bicyclic) bond motifs is 1. The Hall–Kier alpha value is -2.60. The number of benzene rings is 2. The normalized spacial score (nSPS) is 13.2. The van der Waals surface area contributed by atoms with Gasteiger partial charge in [0.2, 0.25) is 5.82 Å². The number of anilines is 1. The van der Waals surface area contributed by atoms with Gasteiger partial charge in [-0.2, -0.15) is 4.98 Å². The molecule has 0 aliphatic carbocycles. The second kappa shape index (κ2) is 5.55. The lowest BCUT2D eigenvalue weighted by Gasteiger charge is -2.16. The molecule has 0 spiro atoms. The predicted octanol–water partition coefficient (Wildman–Crippen LogP) is 4.01. The van der Waals surface area contributed by atoms with Crippen LogP contribution < -0.4 is 10.5 Å². The molecule has 2 aromatic carbocycles. The first-order valence-electron chi connectivity index (χ1n) is 7.02. The lowest BCUT2D eigenvalue weighted by Crippen LogP contribution is -2.07. The summed E-state index contributed by atoms with van der Waals surface area (Å²) in [4.78, 5) is 4.45. The Morgan fingerprint density at radius 2 is 2.04 bits per heavy atom. The van der Waals surface area contributed by atoms with Crippen LogP contribution in [0.5, 0.6) is 5.75 Å². The van der Waals surface area contributed by atoms with Crippen molar-refractivity contribution in [3.05, 3.63) is 58.3 Å². The van der Waals surface area contributed by atoms with E-state index in [1.807, 2.05) is 42.5 Å². The molecule has 0 unspecified atom stereocenters. The van der Waals surface area contributed by atoms with Gasteiger partial charge in [0.15, 0.2) is 0 Å². The van der Waals surface area contributed by atoms with Gasteiger partial charge >= 0.3 is 0 Å². The van der Waals surface area contributed by atoms with E-state index in [2.05, 4.69) is 26.1 Å². The topological polar surface area (TPSA) is 74.2 Å². The zero-order valence-electron chi connectivity index (χ0n) is 12.0. The summed E-state index contributed by atoms with van der Waals surface area (Å²) in [6, 6.07) is 13.2. The molecule has 5 nitrogen and oxygen atoms in total. The maximum atomic E-state index is 5.79. The maximum absolute atomic E-state index is 5.79. The minimum atomic E-state index is 0.407. The number of hydrogen-bond acceptors (Lipinski definition) is 5. The van der Waals surface area contributed by atoms with Crippen LogP contribution in [0.1, 0.15) is 11.4 Å². The van der Waals surface area contributed by atoms with E-state index in [1.54, 1.807) is 6.07 Å². The summed E-state index contributed by atoms with van der Waals surface area (Å²) in [6.07, 6.45) is 2.01. The number of rotatable bonds is 2. The van der Waals surface area contributed by atoms with Crippen molar-refractivity contribution >= 4 is 33.3 Å². The van der Waals surface area contributed by atoms with Gasteiger partial charge in [-0.25, -0.2) is 0 Å². The van der Waals surface area contributed by atoms with Crippen molar-refractivity contribution in [1.29, 1.82) is 0 Å². The summed E-state index contributed by atoms with van der Waals surface area (Å²) in [7, 11) is 0. The summed E-state index contributed by atoms with van der Waals surface area (Å²) < 4.78 is 12.1. The number of halogens is 1. The van der Waals surface area contributed by atoms with Crippen molar-refractivity contribution in [2.45, 2.75) is 0 Å². The molecule has 0 saturated carbocycles. The van der Waals surface area contributed by atoms with Gasteiger partial charge in [0.05, 0.1) is 0 Å². The number of aromatic nitrogens is 2. The molecule has 6 heteroatoms. The standard InChI is InChI=1S/C17H12BrN3O2/c18-13-4-5-15-11(7-13)6-12(9-22-15)16-20-17(23-21-16)10-2-1-3-14(19)8-10/h1-8H,9,19H2. The van der Waals surface area contributed by atoms with Crippen LogP contribution in [0.15, 0.2) is 51.5 Å². The largest absolute Gasteiger partial charge is 0.488 e. The highest BCUT2D eigenvalue weighted by atomic mass is 79.9. The van der Waals surface area contributed by atoms with Crippen molar-refractivity contribution < 1.29 is 9.26 Å². The quantitative estimate of drug-likeness (QED) is 0.690. The lowest BCUT2D eigenvalue weighted by molar-refractivity contribution is 0.363. The van der Waals surface area contributed by atoms with Crippen LogP contribution >= 0.6 is 15.9 Å². The summed E-state index contributed by atoms with van der Waals surface area (Å²) in [6.45, 7) is 0.407. The van der Waals surface area contributed by atoms with Crippen LogP contribution in [0.4, 0.5) is 5.69 Å². The van der Waals surface area contributed by atoms with Crippen LogP contribution in [-0.4, -0.2) is 16.7 Å². The van der Waals surface area contributed by atoms with Crippen molar-refractivity contribution in [2.75, 3.05) is 12.3 Å². The van der Waals surface area contributed by atoms with E-state index in [4.69, 9.17) is 15.0 Å². The van der Waals surface area contributed by atoms with Crippen LogP contribution in [0, 0.1) is 0 Å². The van der Waals surface area contributed by atoms with Crippen molar-refractivity contribution in [2.24, 2.45) is 0 Å². The smallest absolute Gasteiger partial charge is 0.258 e. The van der Waals surface area contributed by atoms with Crippen molar-refractivity contribution in [3.8, 4) is 17.2 Å². The Labute approximate surface area is 140 Å². The van der Waals surface area contributed by atoms with Crippen molar-refractivity contribution in [1.82, 2.24) is 10.1 Å². The Morgan fingerprint density at radius 3 is 2.91 bits per heavy atom. The maximum Gasteiger partial charge on any atom is 0.258 e. The molecule has 114 valence electrons. The minimum absolute atomic E-state index is 0.407. The Morgan fingerprint density at radius 1 is 1.13 bits per heavy atom. The SMILES string of the molecule is Nc1cccc(-c2nc(C3=Cc4cc(Br)ccc4OC3)no2)c1. The lowest BCUT2D eigenvalue weighted by atomic mass is 10.1. The molecule has 0 amide bonds. The molecule has 2 heterocycles. The number of ether oxygens (including phenoxy) is 1. The van der Waals surface area contributed by atoms with Crippen LogP contribution in [0.2, 0.25) is 0 Å². The molecular formula is C17H12BrN3O2. The molecule has 1 aliphatic rings. The third kappa shape index (κ3) is 2.73. The molecule has 1 aromatic heterocycles. The average Bonchev–Trinajstić information content (AvgIpc) is 3.04. The minimum Gasteiger partial charge on any atom is -0.488 e. The van der Waals surface area contributed by atoms with E-state index in [9.17, 15) is 0 Å². The molecule has 0 fully saturated rings. The van der Waals surface area contributed by atoms with Crippen LogP contribution in [-0.2, 0) is 0 Å². The summed E-state index contributed by atoms with van der Waals surface area (Å²) in [5, 5.41) is 4.05. The summed E-state index contributed by atoms with van der Waals surface area (Å²) >= 11 is 3.46. The zero-order chi connectivity index (χ0) is 15.8. The molecular weight excluding hydrogens is 358 g/mol. The first-order valence-corrected chi connectivity index (χ1v) is 7.81. The fourth-order valence-electron chi connectivity index (χ4n) is 2.42. The first kappa shape index (κ1) is 14.0. The van der Waals surface area contributed by atoms with E-state index in [0.29, 0.717) is 24.0 Å². The Balaban J connectivity index is 1.70. The van der Waals surface area contributed by atoms with Crippen molar-refractivity contribution in [3.63, 3.8) is 0 Å². The van der Waals surface area contributed by atoms with E-state index in [0.717, 1.165) is 26.9 Å². The highest BCUT2D eigenvalue weighted by molar-refractivity contribution is 9.10. The van der Waals surface area contributed by atoms with Gasteiger partial charge in [-0.05, 0) is 42.5 Å². The number of nitrogens with two attached hydrogens (primary N) is 1. The van der Waals surface area contributed by atoms with Gasteiger partial charge in [0.25, 0.3) is 5.89 Å². The molecule has 23 heavy (non-hydrogen) atoms. The molecule has 4 rings (SSSR count). The fraction of sp³-hybridized carbons (Fsp3) is 0.0588. The number of hydrogen-bond donors (Lipinski definition) is 1. The van der Waals surface area contributed by atoms with Gasteiger partial charge in [-0.3, -0.25) is 0 Å². The first-order chi connectivity index (χ1) is 11.2. The van der Waals surface area contributed by atoms with Gasteiger partial charge in [-0.15, -0.1) is 0 Å². The Bertz CT molecular complexity index is 918. The Kier molecular flexibility index (Phi) is 3.38. The van der Waals surface area contributed by atoms with E-state index >= 15 is 0 Å². The van der Waals surface area contributed by atoms with E-state index < -0.39 is 0 Å². The fourth-order valence-corrected chi connectivity index (χ4v) is 2.80. The highest BCUT2D eigenvalue weighted by Crippen LogP contribution is 2.32. The predicted molar refractivity (Wildman–Crippen MR) is 91.7 cm³/mol. The van der Waals surface area contributed by atoms with Gasteiger partial charge < -0.3 is 15.0 Å². The van der Waals surface area contributed by atoms with Crippen LogP contribution in [0.3, 0.4) is 0 Å². The second-order valence-electron chi connectivity index (χ2n) is 5.19. The third-order valence-corrected chi connectivity index (χ3v) is 4.02. The highest BCUT2D eigenvalue weighted by Gasteiger charge is 2.18. The molecule has 0 radical (unpaired) electrons. The van der Waals surface area contributed by atoms with Gasteiger partial charge in [0.1, 0.15) is 12.4 Å².